The van der Waals surface area contributed by atoms with Crippen LogP contribution in [0.25, 0.3) is 0 Å². The first-order valence-corrected chi connectivity index (χ1v) is 6.28. The van der Waals surface area contributed by atoms with E-state index in [1.807, 2.05) is 34.6 Å². The van der Waals surface area contributed by atoms with E-state index in [9.17, 15) is 9.59 Å². The third kappa shape index (κ3) is 3.86. The molecule has 0 aromatic rings. The highest BCUT2D eigenvalue weighted by Crippen LogP contribution is 2.34. The molecule has 4 nitrogen and oxygen atoms in total. The van der Waals surface area contributed by atoms with Gasteiger partial charge in [0, 0.05) is 18.5 Å². The zero-order chi connectivity index (χ0) is 14.0. The molecule has 1 rings (SSSR count). The SMILES string of the molecule is CC(C)(C)OC(=O)N1CCC(=CC=O)C(C)(C)C1. The van der Waals surface area contributed by atoms with Crippen molar-refractivity contribution in [2.24, 2.45) is 5.41 Å². The molecule has 0 spiro atoms. The molecule has 1 aliphatic heterocycles. The molecule has 1 amide bonds. The van der Waals surface area contributed by atoms with E-state index in [2.05, 4.69) is 0 Å². The van der Waals surface area contributed by atoms with Crippen LogP contribution in [0.15, 0.2) is 11.6 Å². The minimum atomic E-state index is -0.472. The number of likely N-dealkylation sites (tertiary alicyclic amines) is 1. The minimum absolute atomic E-state index is 0.171. The summed E-state index contributed by atoms with van der Waals surface area (Å²) in [7, 11) is 0. The van der Waals surface area contributed by atoms with Crippen molar-refractivity contribution < 1.29 is 14.3 Å². The van der Waals surface area contributed by atoms with Gasteiger partial charge in [0.2, 0.25) is 0 Å². The topological polar surface area (TPSA) is 46.6 Å². The van der Waals surface area contributed by atoms with Gasteiger partial charge < -0.3 is 9.64 Å². The molecule has 0 radical (unpaired) electrons. The summed E-state index contributed by atoms with van der Waals surface area (Å²) in [4.78, 5) is 24.3. The smallest absolute Gasteiger partial charge is 0.410 e. The summed E-state index contributed by atoms with van der Waals surface area (Å²) in [5.74, 6) is 0. The Kier molecular flexibility index (Phi) is 4.20. The van der Waals surface area contributed by atoms with E-state index in [0.29, 0.717) is 13.1 Å². The van der Waals surface area contributed by atoms with Gasteiger partial charge in [0.15, 0.2) is 0 Å². The number of carbonyl (C=O) groups is 2. The number of allylic oxidation sites excluding steroid dienone is 1. The second-order valence-corrected chi connectivity index (χ2v) is 6.36. The van der Waals surface area contributed by atoms with Gasteiger partial charge in [-0.15, -0.1) is 0 Å². The number of rotatable bonds is 1. The second-order valence-electron chi connectivity index (χ2n) is 6.36. The highest BCUT2D eigenvalue weighted by atomic mass is 16.6. The first-order chi connectivity index (χ1) is 8.15. The van der Waals surface area contributed by atoms with Crippen LogP contribution in [0, 0.1) is 5.41 Å². The average molecular weight is 253 g/mol. The average Bonchev–Trinajstić information content (AvgIpc) is 2.18. The quantitative estimate of drug-likeness (QED) is 0.533. The lowest BCUT2D eigenvalue weighted by Gasteiger charge is -2.40. The van der Waals surface area contributed by atoms with Crippen LogP contribution in [0.2, 0.25) is 0 Å². The Hall–Kier alpha value is -1.32. The summed E-state index contributed by atoms with van der Waals surface area (Å²) in [5, 5.41) is 0. The van der Waals surface area contributed by atoms with E-state index in [1.54, 1.807) is 11.0 Å². The molecule has 1 aliphatic rings. The van der Waals surface area contributed by atoms with Crippen molar-refractivity contribution in [1.82, 2.24) is 4.90 Å². The summed E-state index contributed by atoms with van der Waals surface area (Å²) in [5.41, 5.74) is 0.452. The molecule has 18 heavy (non-hydrogen) atoms. The molecule has 0 aromatic carbocycles. The molecular weight excluding hydrogens is 230 g/mol. The van der Waals surface area contributed by atoms with Crippen molar-refractivity contribution in [3.05, 3.63) is 11.6 Å². The fourth-order valence-corrected chi connectivity index (χ4v) is 2.12. The summed E-state index contributed by atoms with van der Waals surface area (Å²) in [6, 6.07) is 0. The molecule has 1 heterocycles. The fourth-order valence-electron chi connectivity index (χ4n) is 2.12. The first-order valence-electron chi connectivity index (χ1n) is 6.28. The number of amides is 1. The van der Waals surface area contributed by atoms with Crippen LogP contribution in [0.4, 0.5) is 4.79 Å². The molecule has 0 unspecified atom stereocenters. The van der Waals surface area contributed by atoms with Gasteiger partial charge in [-0.2, -0.15) is 0 Å². The Morgan fingerprint density at radius 1 is 1.39 bits per heavy atom. The Bertz CT molecular complexity index is 364. The van der Waals surface area contributed by atoms with Crippen LogP contribution in [0.3, 0.4) is 0 Å². The summed E-state index contributed by atoms with van der Waals surface area (Å²) >= 11 is 0. The molecule has 0 N–H and O–H groups in total. The van der Waals surface area contributed by atoms with Gasteiger partial charge in [-0.1, -0.05) is 19.4 Å². The molecule has 1 fully saturated rings. The molecule has 0 aromatic heterocycles. The molecule has 0 saturated carbocycles. The predicted octanol–water partition coefficient (Wildman–Crippen LogP) is 2.78. The van der Waals surface area contributed by atoms with E-state index in [4.69, 9.17) is 4.74 Å². The molecule has 4 heteroatoms. The molecule has 0 aliphatic carbocycles. The standard InChI is InChI=1S/C14H23NO3/c1-13(2,3)18-12(17)15-8-6-11(7-9-16)14(4,5)10-15/h7,9H,6,8,10H2,1-5H3. The van der Waals surface area contributed by atoms with E-state index in [-0.39, 0.29) is 11.5 Å². The predicted molar refractivity (Wildman–Crippen MR) is 70.4 cm³/mol. The fraction of sp³-hybridized carbons (Fsp3) is 0.714. The molecule has 0 bridgehead atoms. The highest BCUT2D eigenvalue weighted by Gasteiger charge is 2.34. The minimum Gasteiger partial charge on any atom is -0.444 e. The lowest BCUT2D eigenvalue weighted by atomic mass is 9.79. The maximum absolute atomic E-state index is 12.0. The van der Waals surface area contributed by atoms with Gasteiger partial charge in [-0.05, 0) is 33.3 Å². The van der Waals surface area contributed by atoms with Gasteiger partial charge in [-0.3, -0.25) is 4.79 Å². The van der Waals surface area contributed by atoms with E-state index in [0.717, 1.165) is 18.3 Å². The Morgan fingerprint density at radius 3 is 2.44 bits per heavy atom. The van der Waals surface area contributed by atoms with Crippen molar-refractivity contribution >= 4 is 12.4 Å². The summed E-state index contributed by atoms with van der Waals surface area (Å²) in [6.45, 7) is 10.9. The lowest BCUT2D eigenvalue weighted by molar-refractivity contribution is -0.104. The second kappa shape index (κ2) is 5.12. The molecule has 102 valence electrons. The van der Waals surface area contributed by atoms with Crippen molar-refractivity contribution in [3.8, 4) is 0 Å². The maximum Gasteiger partial charge on any atom is 0.410 e. The van der Waals surface area contributed by atoms with Crippen LogP contribution >= 0.6 is 0 Å². The van der Waals surface area contributed by atoms with Crippen LogP contribution in [-0.4, -0.2) is 36.0 Å². The maximum atomic E-state index is 12.0. The van der Waals surface area contributed by atoms with Gasteiger partial charge in [0.05, 0.1) is 0 Å². The Morgan fingerprint density at radius 2 is 2.00 bits per heavy atom. The van der Waals surface area contributed by atoms with Gasteiger partial charge in [-0.25, -0.2) is 4.79 Å². The largest absolute Gasteiger partial charge is 0.444 e. The summed E-state index contributed by atoms with van der Waals surface area (Å²) < 4.78 is 5.36. The molecular formula is C14H23NO3. The number of carbonyl (C=O) groups excluding carboxylic acids is 2. The normalized spacial score (nSPS) is 21.8. The number of piperidine rings is 1. The number of hydrogen-bond donors (Lipinski definition) is 0. The monoisotopic (exact) mass is 253 g/mol. The van der Waals surface area contributed by atoms with Crippen LogP contribution in [0.5, 0.6) is 0 Å². The van der Waals surface area contributed by atoms with Crippen LogP contribution in [0.1, 0.15) is 41.0 Å². The van der Waals surface area contributed by atoms with Crippen molar-refractivity contribution in [2.45, 2.75) is 46.6 Å². The number of ether oxygens (including phenoxy) is 1. The van der Waals surface area contributed by atoms with E-state index >= 15 is 0 Å². The zero-order valence-electron chi connectivity index (χ0n) is 11.9. The van der Waals surface area contributed by atoms with Crippen LogP contribution in [-0.2, 0) is 9.53 Å². The number of nitrogens with zero attached hydrogens (tertiary/aromatic N) is 1. The van der Waals surface area contributed by atoms with Gasteiger partial charge in [0.1, 0.15) is 11.9 Å². The number of aldehydes is 1. The highest BCUT2D eigenvalue weighted by molar-refractivity contribution is 5.70. The Labute approximate surface area is 109 Å². The zero-order valence-corrected chi connectivity index (χ0v) is 11.9. The Balaban J connectivity index is 2.72. The lowest BCUT2D eigenvalue weighted by Crippen LogP contribution is -2.46. The van der Waals surface area contributed by atoms with E-state index in [1.165, 1.54) is 0 Å². The van der Waals surface area contributed by atoms with Crippen LogP contribution < -0.4 is 0 Å². The van der Waals surface area contributed by atoms with E-state index < -0.39 is 5.60 Å². The molecule has 1 saturated heterocycles. The van der Waals surface area contributed by atoms with Crippen molar-refractivity contribution in [2.75, 3.05) is 13.1 Å². The third-order valence-corrected chi connectivity index (χ3v) is 3.03. The first kappa shape index (κ1) is 14.7. The summed E-state index contributed by atoms with van der Waals surface area (Å²) in [6.07, 6.45) is 2.89. The van der Waals surface area contributed by atoms with Gasteiger partial charge >= 0.3 is 6.09 Å². The van der Waals surface area contributed by atoms with Gasteiger partial charge in [0.25, 0.3) is 0 Å². The van der Waals surface area contributed by atoms with Crippen molar-refractivity contribution in [3.63, 3.8) is 0 Å². The third-order valence-electron chi connectivity index (χ3n) is 3.03. The number of hydrogen-bond acceptors (Lipinski definition) is 3. The van der Waals surface area contributed by atoms with Crippen molar-refractivity contribution in [1.29, 1.82) is 0 Å². The molecule has 0 atom stereocenters.